The van der Waals surface area contributed by atoms with Crippen LogP contribution in [0.15, 0.2) is 36.1 Å². The van der Waals surface area contributed by atoms with Gasteiger partial charge in [0.05, 0.1) is 0 Å². The first-order valence-corrected chi connectivity index (χ1v) is 7.47. The van der Waals surface area contributed by atoms with Crippen LogP contribution in [0.2, 0.25) is 0 Å². The third-order valence-electron chi connectivity index (χ3n) is 2.20. The minimum Gasteiger partial charge on any atom is -0.312 e. The molecule has 0 aromatic rings. The highest BCUT2D eigenvalue weighted by atomic mass is 16.2. The van der Waals surface area contributed by atoms with Gasteiger partial charge in [-0.25, -0.2) is 0 Å². The minimum atomic E-state index is 0.112. The van der Waals surface area contributed by atoms with Crippen molar-refractivity contribution in [2.45, 2.75) is 61.8 Å². The van der Waals surface area contributed by atoms with Crippen LogP contribution in [0, 0.1) is 0 Å². The lowest BCUT2D eigenvalue weighted by atomic mass is 10.1. The monoisotopic (exact) mass is 267 g/mol. The van der Waals surface area contributed by atoms with Crippen LogP contribution in [0.5, 0.6) is 0 Å². The summed E-state index contributed by atoms with van der Waals surface area (Å²) in [6, 6.07) is 0. The SMILES string of the molecule is C=C/C=C1/CCN(C(C)=O)/C1=C/C.CC.CC.CC. The molecule has 1 aliphatic heterocycles. The summed E-state index contributed by atoms with van der Waals surface area (Å²) in [5.74, 6) is 0.112. The molecule has 0 aliphatic carbocycles. The van der Waals surface area contributed by atoms with Crippen LogP contribution in [0.25, 0.3) is 0 Å². The van der Waals surface area contributed by atoms with E-state index >= 15 is 0 Å². The number of allylic oxidation sites excluding steroid dienone is 4. The maximum atomic E-state index is 11.2. The van der Waals surface area contributed by atoms with E-state index < -0.39 is 0 Å². The van der Waals surface area contributed by atoms with Gasteiger partial charge in [-0.05, 0) is 18.9 Å². The van der Waals surface area contributed by atoms with Crippen molar-refractivity contribution in [3.05, 3.63) is 36.1 Å². The molecule has 1 heterocycles. The van der Waals surface area contributed by atoms with E-state index in [-0.39, 0.29) is 5.91 Å². The Hall–Kier alpha value is -1.31. The molecule has 0 aromatic carbocycles. The molecule has 0 aromatic heterocycles. The predicted molar refractivity (Wildman–Crippen MR) is 88.1 cm³/mol. The molecule has 0 unspecified atom stereocenters. The van der Waals surface area contributed by atoms with Gasteiger partial charge < -0.3 is 4.90 Å². The molecule has 1 rings (SSSR count). The van der Waals surface area contributed by atoms with Gasteiger partial charge in [-0.1, -0.05) is 66.3 Å². The second kappa shape index (κ2) is 16.7. The highest BCUT2D eigenvalue weighted by molar-refractivity contribution is 5.77. The molecule has 2 nitrogen and oxygen atoms in total. The Bertz CT molecular complexity index is 288. The van der Waals surface area contributed by atoms with Crippen molar-refractivity contribution in [2.24, 2.45) is 0 Å². The highest BCUT2D eigenvalue weighted by Crippen LogP contribution is 2.26. The van der Waals surface area contributed by atoms with Crippen molar-refractivity contribution in [3.63, 3.8) is 0 Å². The molecule has 19 heavy (non-hydrogen) atoms. The summed E-state index contributed by atoms with van der Waals surface area (Å²) in [6.07, 6.45) is 6.65. The molecule has 0 bridgehead atoms. The van der Waals surface area contributed by atoms with Crippen molar-refractivity contribution in [2.75, 3.05) is 6.54 Å². The second-order valence-electron chi connectivity index (χ2n) is 3.02. The summed E-state index contributed by atoms with van der Waals surface area (Å²) in [5.41, 5.74) is 2.24. The molecule has 112 valence electrons. The number of likely N-dealkylation sites (tertiary alicyclic amines) is 1. The lowest BCUT2D eigenvalue weighted by molar-refractivity contribution is -0.126. The number of carbonyl (C=O) groups is 1. The van der Waals surface area contributed by atoms with Crippen molar-refractivity contribution in [1.82, 2.24) is 4.90 Å². The maximum absolute atomic E-state index is 11.2. The van der Waals surface area contributed by atoms with Crippen molar-refractivity contribution >= 4 is 5.91 Å². The largest absolute Gasteiger partial charge is 0.312 e. The van der Waals surface area contributed by atoms with Crippen LogP contribution in [0.3, 0.4) is 0 Å². The minimum absolute atomic E-state index is 0.112. The van der Waals surface area contributed by atoms with Gasteiger partial charge in [0.1, 0.15) is 0 Å². The summed E-state index contributed by atoms with van der Waals surface area (Å²) >= 11 is 0. The Morgan fingerprint density at radius 1 is 1.16 bits per heavy atom. The third kappa shape index (κ3) is 8.41. The van der Waals surface area contributed by atoms with Crippen LogP contribution >= 0.6 is 0 Å². The Kier molecular flexibility index (Phi) is 20.1. The summed E-state index contributed by atoms with van der Waals surface area (Å²) in [5, 5.41) is 0. The quantitative estimate of drug-likeness (QED) is 0.628. The maximum Gasteiger partial charge on any atom is 0.223 e. The first-order chi connectivity index (χ1) is 9.20. The first-order valence-electron chi connectivity index (χ1n) is 7.47. The van der Waals surface area contributed by atoms with E-state index in [1.54, 1.807) is 17.9 Å². The van der Waals surface area contributed by atoms with Gasteiger partial charge in [-0.15, -0.1) is 0 Å². The van der Waals surface area contributed by atoms with Gasteiger partial charge in [-0.3, -0.25) is 4.79 Å². The van der Waals surface area contributed by atoms with E-state index in [0.717, 1.165) is 18.7 Å². The predicted octanol–water partition coefficient (Wildman–Crippen LogP) is 5.33. The van der Waals surface area contributed by atoms with E-state index in [4.69, 9.17) is 0 Å². The molecule has 1 fully saturated rings. The third-order valence-corrected chi connectivity index (χ3v) is 2.20. The summed E-state index contributed by atoms with van der Waals surface area (Å²) in [6.45, 7) is 20.0. The molecular weight excluding hydrogens is 234 g/mol. The molecule has 2 heteroatoms. The van der Waals surface area contributed by atoms with Gasteiger partial charge in [0.15, 0.2) is 0 Å². The zero-order valence-corrected chi connectivity index (χ0v) is 14.2. The Balaban J connectivity index is -0.000000375. The summed E-state index contributed by atoms with van der Waals surface area (Å²) in [4.78, 5) is 13.0. The first kappa shape index (κ1) is 22.8. The van der Waals surface area contributed by atoms with Crippen LogP contribution in [-0.2, 0) is 4.79 Å². The molecule has 0 spiro atoms. The van der Waals surface area contributed by atoms with Gasteiger partial charge >= 0.3 is 0 Å². The lowest BCUT2D eigenvalue weighted by Gasteiger charge is -2.14. The molecular formula is C17H33NO. The molecule has 1 saturated heterocycles. The van der Waals surface area contributed by atoms with Crippen LogP contribution in [0.1, 0.15) is 61.8 Å². The van der Waals surface area contributed by atoms with Gasteiger partial charge in [0.25, 0.3) is 0 Å². The average molecular weight is 267 g/mol. The standard InChI is InChI=1S/C11H15NO.3C2H6/c1-4-6-10-7-8-12(9(3)13)11(10)5-2;3*1-2/h4-6H,1,7-8H2,2-3H3;3*1-2H3/b10-6-,11-5+;;;. The molecule has 0 saturated carbocycles. The van der Waals surface area contributed by atoms with Crippen LogP contribution < -0.4 is 0 Å². The fourth-order valence-electron chi connectivity index (χ4n) is 1.63. The van der Waals surface area contributed by atoms with E-state index in [2.05, 4.69) is 6.58 Å². The average Bonchev–Trinajstić information content (AvgIpc) is 2.89. The molecule has 0 N–H and O–H groups in total. The van der Waals surface area contributed by atoms with Gasteiger partial charge in [-0.2, -0.15) is 0 Å². The van der Waals surface area contributed by atoms with E-state index in [1.165, 1.54) is 5.57 Å². The van der Waals surface area contributed by atoms with Crippen molar-refractivity contribution in [3.8, 4) is 0 Å². The second-order valence-corrected chi connectivity index (χ2v) is 3.02. The van der Waals surface area contributed by atoms with Gasteiger partial charge in [0.2, 0.25) is 5.91 Å². The van der Waals surface area contributed by atoms with Gasteiger partial charge in [0, 0.05) is 19.2 Å². The van der Waals surface area contributed by atoms with E-state index in [0.29, 0.717) is 0 Å². The summed E-state index contributed by atoms with van der Waals surface area (Å²) in [7, 11) is 0. The molecule has 0 radical (unpaired) electrons. The number of nitrogens with zero attached hydrogens (tertiary/aromatic N) is 1. The Morgan fingerprint density at radius 3 is 1.95 bits per heavy atom. The molecule has 1 aliphatic rings. The normalized spacial score (nSPS) is 16.5. The van der Waals surface area contributed by atoms with Crippen LogP contribution in [-0.4, -0.2) is 17.4 Å². The summed E-state index contributed by atoms with van der Waals surface area (Å²) < 4.78 is 0. The van der Waals surface area contributed by atoms with E-state index in [1.807, 2.05) is 60.6 Å². The van der Waals surface area contributed by atoms with Crippen molar-refractivity contribution in [1.29, 1.82) is 0 Å². The Morgan fingerprint density at radius 2 is 1.63 bits per heavy atom. The number of hydrogen-bond donors (Lipinski definition) is 0. The van der Waals surface area contributed by atoms with E-state index in [9.17, 15) is 4.79 Å². The Labute approximate surface area is 120 Å². The lowest BCUT2D eigenvalue weighted by Crippen LogP contribution is -2.23. The molecule has 0 atom stereocenters. The number of hydrogen-bond acceptors (Lipinski definition) is 1. The highest BCUT2D eigenvalue weighted by Gasteiger charge is 2.23. The molecule has 1 amide bonds. The zero-order chi connectivity index (χ0) is 15.8. The van der Waals surface area contributed by atoms with Crippen LogP contribution in [0.4, 0.5) is 0 Å². The fraction of sp³-hybridized carbons (Fsp3) is 0.588. The van der Waals surface area contributed by atoms with Crippen molar-refractivity contribution < 1.29 is 4.79 Å². The smallest absolute Gasteiger partial charge is 0.223 e. The number of carbonyl (C=O) groups excluding carboxylic acids is 1. The topological polar surface area (TPSA) is 20.3 Å². The number of amides is 1. The number of rotatable bonds is 1. The zero-order valence-electron chi connectivity index (χ0n) is 14.2. The fourth-order valence-corrected chi connectivity index (χ4v) is 1.63.